The maximum absolute atomic E-state index is 15.0. The molecule has 0 aliphatic carbocycles. The van der Waals surface area contributed by atoms with Crippen molar-refractivity contribution in [3.05, 3.63) is 247 Å². The van der Waals surface area contributed by atoms with Crippen LogP contribution < -0.4 is 14.5 Å². The van der Waals surface area contributed by atoms with E-state index < -0.39 is 0 Å². The number of hydrogen-bond donors (Lipinski definition) is 0. The maximum atomic E-state index is 15.0. The van der Waals surface area contributed by atoms with Crippen molar-refractivity contribution >= 4 is 44.6 Å². The van der Waals surface area contributed by atoms with E-state index in [1.165, 1.54) is 16.7 Å². The van der Waals surface area contributed by atoms with E-state index in [0.717, 1.165) is 100 Å². The summed E-state index contributed by atoms with van der Waals surface area (Å²) in [5, 5.41) is 2.17. The van der Waals surface area contributed by atoms with Crippen LogP contribution in [0.3, 0.4) is 0 Å². The molecule has 1 aliphatic heterocycles. The molecule has 11 aromatic rings. The minimum Gasteiger partial charge on any atom is -0.509 e. The van der Waals surface area contributed by atoms with Gasteiger partial charge in [0.15, 0.2) is 0 Å². The SMILES string of the molecule is Cc1ccccc1-c1cc(Oc2[c-]c3c(cc2)c2ccccc2n3-c2cc(C(C)(C)C)ccn2)[c-]c(N2[CH-]N(c3c(-c4ccc(F)cc4)cc(-c4ccccc4)cc3-c3cc(C(C)(C)C)cc(C(C)(C)C)c3)c3ccccc32)c1.[Pt]. The van der Waals surface area contributed by atoms with Crippen LogP contribution >= 0.6 is 0 Å². The summed E-state index contributed by atoms with van der Waals surface area (Å²) in [6.07, 6.45) is 1.90. The molecule has 0 fully saturated rings. The minimum atomic E-state index is -0.286. The Labute approximate surface area is 485 Å². The number of anilines is 4. The first-order chi connectivity index (χ1) is 37.9. The second-order valence-electron chi connectivity index (χ2n) is 24.1. The van der Waals surface area contributed by atoms with Crippen LogP contribution in [0, 0.1) is 31.5 Å². The topological polar surface area (TPSA) is 33.5 Å². The smallest absolute Gasteiger partial charge is 0.135 e. The normalized spacial score (nSPS) is 12.7. The number of hydrogen-bond acceptors (Lipinski definition) is 4. The second kappa shape index (κ2) is 20.9. The van der Waals surface area contributed by atoms with Crippen LogP contribution in [0.1, 0.15) is 84.6 Å². The van der Waals surface area contributed by atoms with Gasteiger partial charge in [-0.3, -0.25) is 0 Å². The number of nitrogens with zero attached hydrogens (tertiary/aromatic N) is 4. The molecular weight excluding hydrogens is 1160 g/mol. The number of aryl methyl sites for hydroxylation is 1. The number of rotatable bonds is 9. The van der Waals surface area contributed by atoms with Gasteiger partial charge < -0.3 is 19.1 Å². The van der Waals surface area contributed by atoms with Crippen molar-refractivity contribution in [2.45, 2.75) is 85.5 Å². The van der Waals surface area contributed by atoms with Crippen LogP contribution in [0.15, 0.2) is 200 Å². The van der Waals surface area contributed by atoms with Crippen molar-refractivity contribution in [1.82, 2.24) is 9.55 Å². The summed E-state index contributed by atoms with van der Waals surface area (Å²) < 4.78 is 24.2. The molecule has 12 rings (SSSR count). The number of para-hydroxylation sites is 3. The molecule has 7 heteroatoms. The Hall–Kier alpha value is -8.05. The Morgan fingerprint density at radius 3 is 1.77 bits per heavy atom. The van der Waals surface area contributed by atoms with E-state index in [0.29, 0.717) is 11.5 Å². The van der Waals surface area contributed by atoms with Crippen molar-refractivity contribution in [2.75, 3.05) is 9.80 Å². The standard InChI is InChI=1S/C73H64FN4O.Pt/c1-47-20-14-15-23-60(47)52-38-57(44-59(39-52)79-58-32-33-62-61-24-16-17-25-65(61)78(68(62)45-58)69-43-53(34-35-75-69)71(2,3)4)76-46-77(67-27-19-18-26-66(67)76)70-63(49-28-30-56(74)31-29-49)40-50(48-21-12-11-13-22-48)41-64(70)51-36-54(72(5,6)7)42-55(37-51)73(8,9)10;/h11-43,46H,1-10H3;/q-3;. The number of ether oxygens (including phenoxy) is 1. The average Bonchev–Trinajstić information content (AvgIpc) is 4.12. The fourth-order valence-corrected chi connectivity index (χ4v) is 11.0. The first-order valence-corrected chi connectivity index (χ1v) is 27.3. The molecule has 0 radical (unpaired) electrons. The number of fused-ring (bicyclic) bond motifs is 4. The molecule has 80 heavy (non-hydrogen) atoms. The predicted molar refractivity (Wildman–Crippen MR) is 327 cm³/mol. The largest absolute Gasteiger partial charge is 0.509 e. The fourth-order valence-electron chi connectivity index (χ4n) is 11.0. The van der Waals surface area contributed by atoms with E-state index >= 15 is 0 Å². The van der Waals surface area contributed by atoms with Crippen molar-refractivity contribution < 1.29 is 30.2 Å². The number of benzene rings is 9. The monoisotopic (exact) mass is 1230 g/mol. The average molecular weight is 1230 g/mol. The van der Waals surface area contributed by atoms with Gasteiger partial charge in [0.1, 0.15) is 11.6 Å². The summed E-state index contributed by atoms with van der Waals surface area (Å²) >= 11 is 0. The van der Waals surface area contributed by atoms with Crippen LogP contribution in [-0.4, -0.2) is 9.55 Å². The minimum absolute atomic E-state index is 0. The molecule has 9 aromatic carbocycles. The third-order valence-corrected chi connectivity index (χ3v) is 15.4. The first kappa shape index (κ1) is 53.9. The Balaban J connectivity index is 0.00000675. The molecule has 0 spiro atoms. The zero-order valence-corrected chi connectivity index (χ0v) is 49.3. The number of aromatic nitrogens is 2. The van der Waals surface area contributed by atoms with Crippen molar-refractivity contribution in [3.63, 3.8) is 0 Å². The van der Waals surface area contributed by atoms with Gasteiger partial charge in [0.25, 0.3) is 0 Å². The van der Waals surface area contributed by atoms with Crippen molar-refractivity contribution in [1.29, 1.82) is 0 Å². The Bertz CT molecular complexity index is 4090. The van der Waals surface area contributed by atoms with Crippen LogP contribution in [-0.2, 0) is 37.3 Å². The molecule has 0 bridgehead atoms. The second-order valence-corrected chi connectivity index (χ2v) is 24.1. The molecule has 2 aromatic heterocycles. The van der Waals surface area contributed by atoms with Gasteiger partial charge in [-0.25, -0.2) is 9.37 Å². The summed E-state index contributed by atoms with van der Waals surface area (Å²) in [5.41, 5.74) is 18.4. The van der Waals surface area contributed by atoms with Crippen LogP contribution in [0.5, 0.6) is 11.5 Å². The van der Waals surface area contributed by atoms with E-state index in [2.05, 4.69) is 266 Å². The van der Waals surface area contributed by atoms with Crippen molar-refractivity contribution in [3.8, 4) is 61.8 Å². The van der Waals surface area contributed by atoms with Gasteiger partial charge >= 0.3 is 0 Å². The quantitative estimate of drug-likeness (QED) is 0.135. The molecular formula is C73H64FN4OPt-3. The predicted octanol–water partition coefficient (Wildman–Crippen LogP) is 20.0. The van der Waals surface area contributed by atoms with E-state index in [1.807, 2.05) is 24.4 Å². The molecule has 3 heterocycles. The summed E-state index contributed by atoms with van der Waals surface area (Å²) in [4.78, 5) is 9.46. The Kier molecular flexibility index (Phi) is 14.1. The van der Waals surface area contributed by atoms with Crippen LogP contribution in [0.4, 0.5) is 27.1 Å². The summed E-state index contributed by atoms with van der Waals surface area (Å²) in [5.74, 6) is 1.64. The summed E-state index contributed by atoms with van der Waals surface area (Å²) in [6.45, 7) is 24.7. The molecule has 0 atom stereocenters. The molecule has 0 saturated carbocycles. The van der Waals surface area contributed by atoms with Gasteiger partial charge in [-0.1, -0.05) is 183 Å². The molecule has 0 amide bonds. The number of pyridine rings is 1. The first-order valence-electron chi connectivity index (χ1n) is 27.3. The van der Waals surface area contributed by atoms with Crippen LogP contribution in [0.25, 0.3) is 72.1 Å². The fraction of sp³-hybridized carbons (Fsp3) is 0.178. The molecule has 1 aliphatic rings. The molecule has 0 unspecified atom stereocenters. The third kappa shape index (κ3) is 10.3. The summed E-state index contributed by atoms with van der Waals surface area (Å²) in [6, 6.07) is 74.8. The maximum Gasteiger partial charge on any atom is 0.135 e. The zero-order valence-electron chi connectivity index (χ0n) is 47.0. The summed E-state index contributed by atoms with van der Waals surface area (Å²) in [7, 11) is 0. The zero-order chi connectivity index (χ0) is 55.0. The molecule has 5 nitrogen and oxygen atoms in total. The molecule has 0 saturated heterocycles. The Morgan fingerprint density at radius 1 is 0.475 bits per heavy atom. The van der Waals surface area contributed by atoms with Gasteiger partial charge in [-0.2, -0.15) is 6.07 Å². The van der Waals surface area contributed by atoms with Gasteiger partial charge in [0.2, 0.25) is 0 Å². The number of halogens is 1. The van der Waals surface area contributed by atoms with Gasteiger partial charge in [-0.05, 0) is 133 Å². The molecule has 0 N–H and O–H groups in total. The van der Waals surface area contributed by atoms with Gasteiger partial charge in [-0.15, -0.1) is 53.6 Å². The van der Waals surface area contributed by atoms with E-state index in [9.17, 15) is 4.39 Å². The van der Waals surface area contributed by atoms with Crippen LogP contribution in [0.2, 0.25) is 0 Å². The van der Waals surface area contributed by atoms with E-state index in [4.69, 9.17) is 9.72 Å². The van der Waals surface area contributed by atoms with Gasteiger partial charge in [0.05, 0.1) is 0 Å². The van der Waals surface area contributed by atoms with Crippen molar-refractivity contribution in [2.24, 2.45) is 0 Å². The van der Waals surface area contributed by atoms with E-state index in [1.54, 1.807) is 12.1 Å². The molecule has 402 valence electrons. The Morgan fingerprint density at radius 2 is 1.09 bits per heavy atom. The van der Waals surface area contributed by atoms with Gasteiger partial charge in [0, 0.05) is 72.5 Å². The van der Waals surface area contributed by atoms with E-state index in [-0.39, 0.29) is 43.1 Å². The third-order valence-electron chi connectivity index (χ3n) is 15.4.